The molecule has 1 aromatic heterocycles. The molecule has 0 aliphatic carbocycles. The molecule has 4 rings (SSSR count). The predicted octanol–water partition coefficient (Wildman–Crippen LogP) is 3.03. The molecule has 0 atom stereocenters. The van der Waals surface area contributed by atoms with Crippen molar-refractivity contribution in [3.63, 3.8) is 0 Å². The number of hydrogen-bond donors (Lipinski definition) is 1. The molecule has 6 heteroatoms. The normalized spacial score (nSPS) is 14.4. The van der Waals surface area contributed by atoms with E-state index in [-0.39, 0.29) is 5.91 Å². The summed E-state index contributed by atoms with van der Waals surface area (Å²) in [7, 11) is 0. The maximum Gasteiger partial charge on any atom is 0.278 e. The predicted molar refractivity (Wildman–Crippen MR) is 102 cm³/mol. The van der Waals surface area contributed by atoms with Crippen molar-refractivity contribution in [3.8, 4) is 0 Å². The standard InChI is InChI=1S/C20H20N4O2/c1-14-5-4-6-15(13-14)21-20(25)18-19(24-9-11-26-12-10-24)23-17-8-3-2-7-16(17)22-18/h2-8,13H,9-12H2,1H3,(H,21,25). The van der Waals surface area contributed by atoms with E-state index in [0.717, 1.165) is 16.8 Å². The lowest BCUT2D eigenvalue weighted by Gasteiger charge is -2.29. The van der Waals surface area contributed by atoms with E-state index in [0.29, 0.717) is 43.3 Å². The Morgan fingerprint density at radius 1 is 1.04 bits per heavy atom. The fraction of sp³-hybridized carbons (Fsp3) is 0.250. The summed E-state index contributed by atoms with van der Waals surface area (Å²) >= 11 is 0. The minimum atomic E-state index is -0.254. The SMILES string of the molecule is Cc1cccc(NC(=O)c2nc3ccccc3nc2N2CCOCC2)c1. The molecular formula is C20H20N4O2. The third-order valence-corrected chi connectivity index (χ3v) is 4.35. The van der Waals surface area contributed by atoms with Crippen molar-refractivity contribution in [1.82, 2.24) is 9.97 Å². The van der Waals surface area contributed by atoms with Crippen LogP contribution >= 0.6 is 0 Å². The molecule has 0 unspecified atom stereocenters. The molecule has 1 aliphatic rings. The number of carbonyl (C=O) groups is 1. The Kier molecular flexibility index (Phi) is 4.50. The van der Waals surface area contributed by atoms with Gasteiger partial charge in [0.1, 0.15) is 0 Å². The van der Waals surface area contributed by atoms with Gasteiger partial charge in [0.2, 0.25) is 0 Å². The number of benzene rings is 2. The van der Waals surface area contributed by atoms with E-state index < -0.39 is 0 Å². The maximum absolute atomic E-state index is 13.0. The quantitative estimate of drug-likeness (QED) is 0.788. The van der Waals surface area contributed by atoms with Crippen LogP contribution in [-0.2, 0) is 4.74 Å². The lowest BCUT2D eigenvalue weighted by atomic mass is 10.2. The number of aryl methyl sites for hydroxylation is 1. The van der Waals surface area contributed by atoms with Gasteiger partial charge in [-0.15, -0.1) is 0 Å². The molecular weight excluding hydrogens is 328 g/mol. The molecule has 2 aromatic carbocycles. The van der Waals surface area contributed by atoms with Crippen molar-refractivity contribution in [2.45, 2.75) is 6.92 Å². The van der Waals surface area contributed by atoms with E-state index in [1.165, 1.54) is 0 Å². The van der Waals surface area contributed by atoms with Crippen LogP contribution in [0.2, 0.25) is 0 Å². The molecule has 2 heterocycles. The Morgan fingerprint density at radius 2 is 1.77 bits per heavy atom. The smallest absolute Gasteiger partial charge is 0.278 e. The summed E-state index contributed by atoms with van der Waals surface area (Å²) in [5, 5.41) is 2.94. The molecule has 0 radical (unpaired) electrons. The molecule has 0 bridgehead atoms. The molecule has 26 heavy (non-hydrogen) atoms. The zero-order valence-corrected chi connectivity index (χ0v) is 14.6. The van der Waals surface area contributed by atoms with Crippen LogP contribution in [0.3, 0.4) is 0 Å². The van der Waals surface area contributed by atoms with Gasteiger partial charge >= 0.3 is 0 Å². The van der Waals surface area contributed by atoms with Gasteiger partial charge in [-0.2, -0.15) is 0 Å². The van der Waals surface area contributed by atoms with Crippen LogP contribution < -0.4 is 10.2 Å². The Balaban J connectivity index is 1.74. The highest BCUT2D eigenvalue weighted by Gasteiger charge is 2.23. The highest BCUT2D eigenvalue weighted by atomic mass is 16.5. The molecule has 1 amide bonds. The largest absolute Gasteiger partial charge is 0.378 e. The molecule has 0 spiro atoms. The number of amides is 1. The Labute approximate surface area is 151 Å². The van der Waals surface area contributed by atoms with Crippen molar-refractivity contribution in [3.05, 3.63) is 59.8 Å². The fourth-order valence-electron chi connectivity index (χ4n) is 3.05. The fourth-order valence-corrected chi connectivity index (χ4v) is 3.05. The molecule has 1 aliphatic heterocycles. The van der Waals surface area contributed by atoms with Crippen LogP contribution in [0, 0.1) is 6.92 Å². The number of hydrogen-bond acceptors (Lipinski definition) is 5. The third kappa shape index (κ3) is 3.36. The van der Waals surface area contributed by atoms with E-state index in [4.69, 9.17) is 9.72 Å². The van der Waals surface area contributed by atoms with Gasteiger partial charge in [0.25, 0.3) is 5.91 Å². The summed E-state index contributed by atoms with van der Waals surface area (Å²) in [6.07, 6.45) is 0. The van der Waals surface area contributed by atoms with Crippen LogP contribution in [0.4, 0.5) is 11.5 Å². The summed E-state index contributed by atoms with van der Waals surface area (Å²) in [5.74, 6) is 0.354. The monoisotopic (exact) mass is 348 g/mol. The summed E-state index contributed by atoms with van der Waals surface area (Å²) in [6.45, 7) is 4.61. The Hall–Kier alpha value is -2.99. The highest BCUT2D eigenvalue weighted by Crippen LogP contribution is 2.23. The van der Waals surface area contributed by atoms with Crippen LogP contribution in [0.1, 0.15) is 16.1 Å². The summed E-state index contributed by atoms with van der Waals surface area (Å²) in [4.78, 5) is 24.4. The number of carbonyl (C=O) groups excluding carboxylic acids is 1. The van der Waals surface area contributed by atoms with Crippen molar-refractivity contribution < 1.29 is 9.53 Å². The molecule has 1 saturated heterocycles. The summed E-state index contributed by atoms with van der Waals surface area (Å²) in [5.41, 5.74) is 3.66. The Bertz CT molecular complexity index is 951. The third-order valence-electron chi connectivity index (χ3n) is 4.35. The zero-order valence-electron chi connectivity index (χ0n) is 14.6. The topological polar surface area (TPSA) is 67.4 Å². The molecule has 1 N–H and O–H groups in total. The molecule has 132 valence electrons. The van der Waals surface area contributed by atoms with Gasteiger partial charge < -0.3 is 15.0 Å². The number of para-hydroxylation sites is 2. The van der Waals surface area contributed by atoms with Gasteiger partial charge in [0.05, 0.1) is 24.2 Å². The van der Waals surface area contributed by atoms with Gasteiger partial charge in [0, 0.05) is 18.8 Å². The number of nitrogens with zero attached hydrogens (tertiary/aromatic N) is 3. The lowest BCUT2D eigenvalue weighted by molar-refractivity contribution is 0.102. The number of nitrogens with one attached hydrogen (secondary N) is 1. The second-order valence-corrected chi connectivity index (χ2v) is 6.31. The minimum absolute atomic E-state index is 0.254. The van der Waals surface area contributed by atoms with E-state index in [9.17, 15) is 4.79 Å². The average molecular weight is 348 g/mol. The summed E-state index contributed by atoms with van der Waals surface area (Å²) < 4.78 is 5.43. The maximum atomic E-state index is 13.0. The number of aromatic nitrogens is 2. The van der Waals surface area contributed by atoms with Crippen molar-refractivity contribution in [2.24, 2.45) is 0 Å². The number of fused-ring (bicyclic) bond motifs is 1. The van der Waals surface area contributed by atoms with Crippen LogP contribution in [0.5, 0.6) is 0 Å². The molecule has 0 saturated carbocycles. The van der Waals surface area contributed by atoms with Gasteiger partial charge in [-0.05, 0) is 36.8 Å². The van der Waals surface area contributed by atoms with E-state index in [2.05, 4.69) is 15.2 Å². The average Bonchev–Trinajstić information content (AvgIpc) is 2.67. The second-order valence-electron chi connectivity index (χ2n) is 6.31. The zero-order chi connectivity index (χ0) is 17.9. The second kappa shape index (κ2) is 7.09. The summed E-state index contributed by atoms with van der Waals surface area (Å²) in [6, 6.07) is 15.3. The van der Waals surface area contributed by atoms with E-state index in [1.54, 1.807) is 0 Å². The minimum Gasteiger partial charge on any atom is -0.378 e. The molecule has 3 aromatic rings. The first kappa shape index (κ1) is 16.5. The number of ether oxygens (including phenoxy) is 1. The number of rotatable bonds is 3. The van der Waals surface area contributed by atoms with E-state index in [1.807, 2.05) is 55.5 Å². The van der Waals surface area contributed by atoms with Crippen LogP contribution in [0.15, 0.2) is 48.5 Å². The van der Waals surface area contributed by atoms with Gasteiger partial charge in [0.15, 0.2) is 11.5 Å². The highest BCUT2D eigenvalue weighted by molar-refractivity contribution is 6.07. The van der Waals surface area contributed by atoms with E-state index >= 15 is 0 Å². The lowest BCUT2D eigenvalue weighted by Crippen LogP contribution is -2.38. The van der Waals surface area contributed by atoms with Gasteiger partial charge in [-0.3, -0.25) is 4.79 Å². The number of anilines is 2. The number of morpholine rings is 1. The van der Waals surface area contributed by atoms with Gasteiger partial charge in [-0.1, -0.05) is 24.3 Å². The van der Waals surface area contributed by atoms with Crippen molar-refractivity contribution >= 4 is 28.4 Å². The van der Waals surface area contributed by atoms with Crippen LogP contribution in [0.25, 0.3) is 11.0 Å². The van der Waals surface area contributed by atoms with Gasteiger partial charge in [-0.25, -0.2) is 9.97 Å². The van der Waals surface area contributed by atoms with Crippen molar-refractivity contribution in [2.75, 3.05) is 36.5 Å². The van der Waals surface area contributed by atoms with Crippen LogP contribution in [-0.4, -0.2) is 42.2 Å². The first-order valence-electron chi connectivity index (χ1n) is 8.68. The molecule has 1 fully saturated rings. The van der Waals surface area contributed by atoms with Crippen molar-refractivity contribution in [1.29, 1.82) is 0 Å². The molecule has 6 nitrogen and oxygen atoms in total. The first-order valence-corrected chi connectivity index (χ1v) is 8.68. The first-order chi connectivity index (χ1) is 12.7. The Morgan fingerprint density at radius 3 is 2.50 bits per heavy atom.